The lowest BCUT2D eigenvalue weighted by atomic mass is 9.97. The molecule has 0 bridgehead atoms. The molecule has 0 radical (unpaired) electrons. The van der Waals surface area contributed by atoms with E-state index < -0.39 is 0 Å². The third-order valence-electron chi connectivity index (χ3n) is 4.07. The Morgan fingerprint density at radius 2 is 2.12 bits per heavy atom. The van der Waals surface area contributed by atoms with E-state index in [-0.39, 0.29) is 5.91 Å². The van der Waals surface area contributed by atoms with Crippen LogP contribution in [0, 0.1) is 0 Å². The SMILES string of the molecule is CCc1nnc(NC(=O)CSc2ncnc3sc4c(c23)CCCC4)s1. The Bertz CT molecular complexity index is 920. The molecule has 6 nitrogen and oxygen atoms in total. The van der Waals surface area contributed by atoms with E-state index in [9.17, 15) is 4.79 Å². The van der Waals surface area contributed by atoms with E-state index in [4.69, 9.17) is 0 Å². The molecule has 130 valence electrons. The maximum absolute atomic E-state index is 12.2. The topological polar surface area (TPSA) is 80.7 Å². The predicted octanol–water partition coefficient (Wildman–Crippen LogP) is 3.71. The molecule has 0 atom stereocenters. The molecule has 1 aliphatic carbocycles. The van der Waals surface area contributed by atoms with Gasteiger partial charge < -0.3 is 0 Å². The van der Waals surface area contributed by atoms with Crippen LogP contribution in [-0.4, -0.2) is 31.8 Å². The molecule has 1 aliphatic rings. The van der Waals surface area contributed by atoms with Gasteiger partial charge in [-0.2, -0.15) is 0 Å². The van der Waals surface area contributed by atoms with Crippen molar-refractivity contribution in [3.8, 4) is 0 Å². The van der Waals surface area contributed by atoms with Gasteiger partial charge in [0, 0.05) is 10.3 Å². The number of thioether (sulfide) groups is 1. The second-order valence-electron chi connectivity index (χ2n) is 5.76. The van der Waals surface area contributed by atoms with Gasteiger partial charge in [-0.15, -0.1) is 21.5 Å². The molecule has 0 unspecified atom stereocenters. The smallest absolute Gasteiger partial charge is 0.236 e. The number of amides is 1. The van der Waals surface area contributed by atoms with Gasteiger partial charge in [0.05, 0.1) is 5.75 Å². The summed E-state index contributed by atoms with van der Waals surface area (Å²) >= 11 is 4.66. The number of fused-ring (bicyclic) bond motifs is 3. The highest BCUT2D eigenvalue weighted by Gasteiger charge is 2.20. The zero-order chi connectivity index (χ0) is 17.2. The highest BCUT2D eigenvalue weighted by molar-refractivity contribution is 8.00. The maximum atomic E-state index is 12.2. The number of carbonyl (C=O) groups is 1. The Balaban J connectivity index is 1.49. The van der Waals surface area contributed by atoms with E-state index in [1.165, 1.54) is 46.4 Å². The Kier molecular flexibility index (Phi) is 4.96. The van der Waals surface area contributed by atoms with E-state index >= 15 is 0 Å². The monoisotopic (exact) mass is 391 g/mol. The highest BCUT2D eigenvalue weighted by Crippen LogP contribution is 2.39. The van der Waals surface area contributed by atoms with Crippen molar-refractivity contribution in [1.82, 2.24) is 20.2 Å². The summed E-state index contributed by atoms with van der Waals surface area (Å²) in [4.78, 5) is 23.6. The number of hydrogen-bond donors (Lipinski definition) is 1. The lowest BCUT2D eigenvalue weighted by Crippen LogP contribution is -2.14. The standard InChI is InChI=1S/C16H17N5OS3/c1-2-12-20-21-16(25-12)19-11(22)7-23-14-13-9-5-3-4-6-10(9)24-15(13)18-8-17-14/h8H,2-7H2,1H3,(H,19,21,22). The fraction of sp³-hybridized carbons (Fsp3) is 0.438. The zero-order valence-electron chi connectivity index (χ0n) is 13.7. The van der Waals surface area contributed by atoms with Crippen molar-refractivity contribution in [2.75, 3.05) is 11.1 Å². The normalized spacial score (nSPS) is 13.8. The van der Waals surface area contributed by atoms with E-state index in [0.717, 1.165) is 39.5 Å². The number of carbonyl (C=O) groups excluding carboxylic acids is 1. The quantitative estimate of drug-likeness (QED) is 0.527. The molecule has 3 aromatic rings. The number of anilines is 1. The van der Waals surface area contributed by atoms with Gasteiger partial charge in [0.2, 0.25) is 11.0 Å². The van der Waals surface area contributed by atoms with E-state index in [0.29, 0.717) is 10.9 Å². The van der Waals surface area contributed by atoms with Crippen molar-refractivity contribution in [2.45, 2.75) is 44.1 Å². The van der Waals surface area contributed by atoms with Gasteiger partial charge in [0.15, 0.2) is 0 Å². The summed E-state index contributed by atoms with van der Waals surface area (Å²) in [5.74, 6) is 0.220. The van der Waals surface area contributed by atoms with Crippen LogP contribution in [0.1, 0.15) is 35.2 Å². The number of nitrogens with one attached hydrogen (secondary N) is 1. The van der Waals surface area contributed by atoms with Crippen LogP contribution in [-0.2, 0) is 24.1 Å². The molecule has 1 amide bonds. The molecule has 0 saturated carbocycles. The Hall–Kier alpha value is -1.58. The number of nitrogens with zero attached hydrogens (tertiary/aromatic N) is 4. The van der Waals surface area contributed by atoms with Crippen LogP contribution in [0.25, 0.3) is 10.2 Å². The van der Waals surface area contributed by atoms with Crippen molar-refractivity contribution < 1.29 is 4.79 Å². The molecule has 25 heavy (non-hydrogen) atoms. The summed E-state index contributed by atoms with van der Waals surface area (Å²) in [5, 5.41) is 14.4. The average molecular weight is 392 g/mol. The minimum absolute atomic E-state index is 0.0836. The summed E-state index contributed by atoms with van der Waals surface area (Å²) in [5.41, 5.74) is 1.39. The molecule has 0 aromatic carbocycles. The first-order valence-electron chi connectivity index (χ1n) is 8.25. The second kappa shape index (κ2) is 7.35. The first-order valence-corrected chi connectivity index (χ1v) is 10.9. The Morgan fingerprint density at radius 3 is 2.96 bits per heavy atom. The van der Waals surface area contributed by atoms with Crippen LogP contribution >= 0.6 is 34.4 Å². The lowest BCUT2D eigenvalue weighted by Gasteiger charge is -2.11. The van der Waals surface area contributed by atoms with Crippen molar-refractivity contribution in [3.63, 3.8) is 0 Å². The van der Waals surface area contributed by atoms with Crippen molar-refractivity contribution >= 4 is 55.7 Å². The Morgan fingerprint density at radius 1 is 1.24 bits per heavy atom. The highest BCUT2D eigenvalue weighted by atomic mass is 32.2. The minimum atomic E-state index is -0.0836. The third-order valence-corrected chi connectivity index (χ3v) is 7.24. The van der Waals surface area contributed by atoms with Crippen LogP contribution in [0.2, 0.25) is 0 Å². The van der Waals surface area contributed by atoms with Gasteiger partial charge in [-0.1, -0.05) is 30.0 Å². The average Bonchev–Trinajstić information content (AvgIpc) is 3.24. The van der Waals surface area contributed by atoms with E-state index in [1.54, 1.807) is 17.7 Å². The molecule has 0 saturated heterocycles. The first kappa shape index (κ1) is 16.9. The molecular weight excluding hydrogens is 374 g/mol. The summed E-state index contributed by atoms with van der Waals surface area (Å²) < 4.78 is 0. The first-order chi connectivity index (χ1) is 12.2. The number of aromatic nitrogens is 4. The van der Waals surface area contributed by atoms with Crippen molar-refractivity contribution in [1.29, 1.82) is 0 Å². The van der Waals surface area contributed by atoms with E-state index in [1.807, 2.05) is 6.92 Å². The zero-order valence-corrected chi connectivity index (χ0v) is 16.2. The lowest BCUT2D eigenvalue weighted by molar-refractivity contribution is -0.113. The van der Waals surface area contributed by atoms with Gasteiger partial charge in [-0.25, -0.2) is 9.97 Å². The number of rotatable bonds is 5. The van der Waals surface area contributed by atoms with Gasteiger partial charge in [0.1, 0.15) is 21.2 Å². The summed E-state index contributed by atoms with van der Waals surface area (Å²) in [6.07, 6.45) is 7.12. The van der Waals surface area contributed by atoms with Gasteiger partial charge in [0.25, 0.3) is 0 Å². The largest absolute Gasteiger partial charge is 0.300 e. The second-order valence-corrected chi connectivity index (χ2v) is 8.87. The van der Waals surface area contributed by atoms with Crippen LogP contribution in [0.4, 0.5) is 5.13 Å². The molecule has 0 fully saturated rings. The number of thiophene rings is 1. The van der Waals surface area contributed by atoms with Crippen LogP contribution in [0.5, 0.6) is 0 Å². The predicted molar refractivity (Wildman–Crippen MR) is 103 cm³/mol. The summed E-state index contributed by atoms with van der Waals surface area (Å²) in [6.45, 7) is 2.02. The van der Waals surface area contributed by atoms with Gasteiger partial charge in [-0.05, 0) is 37.7 Å². The number of aryl methyl sites for hydroxylation is 3. The van der Waals surface area contributed by atoms with Gasteiger partial charge >= 0.3 is 0 Å². The molecule has 9 heteroatoms. The fourth-order valence-corrected chi connectivity index (χ4v) is 5.72. The van der Waals surface area contributed by atoms with Gasteiger partial charge in [-0.3, -0.25) is 10.1 Å². The summed E-state index contributed by atoms with van der Waals surface area (Å²) in [6, 6.07) is 0. The number of hydrogen-bond acceptors (Lipinski definition) is 8. The van der Waals surface area contributed by atoms with Crippen LogP contribution < -0.4 is 5.32 Å². The Labute approximate surface area is 157 Å². The molecule has 4 rings (SSSR count). The minimum Gasteiger partial charge on any atom is -0.300 e. The molecule has 3 aromatic heterocycles. The molecular formula is C16H17N5OS3. The van der Waals surface area contributed by atoms with Crippen molar-refractivity contribution in [2.24, 2.45) is 0 Å². The molecule has 0 aliphatic heterocycles. The maximum Gasteiger partial charge on any atom is 0.236 e. The van der Waals surface area contributed by atoms with Crippen LogP contribution in [0.15, 0.2) is 11.4 Å². The summed E-state index contributed by atoms with van der Waals surface area (Å²) in [7, 11) is 0. The molecule has 3 heterocycles. The fourth-order valence-electron chi connectivity index (χ4n) is 2.91. The van der Waals surface area contributed by atoms with E-state index in [2.05, 4.69) is 25.5 Å². The van der Waals surface area contributed by atoms with Crippen LogP contribution in [0.3, 0.4) is 0 Å². The van der Waals surface area contributed by atoms with Crippen molar-refractivity contribution in [3.05, 3.63) is 21.8 Å². The molecule has 1 N–H and O–H groups in total. The molecule has 0 spiro atoms. The third kappa shape index (κ3) is 3.54.